The molecule has 3 rings (SSSR count). The molecule has 2 aromatic rings. The molecule has 1 saturated heterocycles. The van der Waals surface area contributed by atoms with Gasteiger partial charge < -0.3 is 9.84 Å². The summed E-state index contributed by atoms with van der Waals surface area (Å²) in [5.41, 5.74) is 0.921. The van der Waals surface area contributed by atoms with Gasteiger partial charge in [-0.15, -0.1) is 0 Å². The summed E-state index contributed by atoms with van der Waals surface area (Å²) in [7, 11) is 0. The van der Waals surface area contributed by atoms with Gasteiger partial charge in [0.2, 0.25) is 5.91 Å². The Kier molecular flexibility index (Phi) is 4.38. The van der Waals surface area contributed by atoms with Crippen LogP contribution in [0.4, 0.5) is 14.5 Å². The molecule has 7 heteroatoms. The number of carbonyl (C=O) groups is 1. The maximum Gasteiger partial charge on any atom is 0.238 e. The first-order chi connectivity index (χ1) is 11.0. The fraction of sp³-hybridized carbons (Fsp3) is 0.375. The highest BCUT2D eigenvalue weighted by molar-refractivity contribution is 5.92. The average molecular weight is 321 g/mol. The van der Waals surface area contributed by atoms with Crippen LogP contribution in [-0.4, -0.2) is 29.1 Å². The summed E-state index contributed by atoms with van der Waals surface area (Å²) in [5.74, 6) is -1.04. The number of likely N-dealkylation sites (tertiary alicyclic amines) is 1. The lowest BCUT2D eigenvalue weighted by molar-refractivity contribution is -0.117. The minimum atomic E-state index is -0.725. The number of halogens is 2. The number of aromatic nitrogens is 1. The van der Waals surface area contributed by atoms with Crippen LogP contribution in [0.5, 0.6) is 0 Å². The van der Waals surface area contributed by atoms with Gasteiger partial charge in [0.05, 0.1) is 12.6 Å². The Morgan fingerprint density at radius 2 is 2.09 bits per heavy atom. The maximum atomic E-state index is 13.1. The topological polar surface area (TPSA) is 58.4 Å². The van der Waals surface area contributed by atoms with E-state index in [0.29, 0.717) is 0 Å². The molecule has 0 spiro atoms. The lowest BCUT2D eigenvalue weighted by Gasteiger charge is -2.21. The molecule has 122 valence electrons. The second kappa shape index (κ2) is 6.45. The van der Waals surface area contributed by atoms with E-state index < -0.39 is 11.6 Å². The van der Waals surface area contributed by atoms with Crippen LogP contribution in [0.3, 0.4) is 0 Å². The number of amides is 1. The summed E-state index contributed by atoms with van der Waals surface area (Å²) in [6.07, 6.45) is 1.85. The van der Waals surface area contributed by atoms with Gasteiger partial charge in [-0.05, 0) is 38.4 Å². The van der Waals surface area contributed by atoms with Crippen molar-refractivity contribution in [3.8, 4) is 0 Å². The van der Waals surface area contributed by atoms with Crippen LogP contribution in [0.1, 0.15) is 30.3 Å². The summed E-state index contributed by atoms with van der Waals surface area (Å²) < 4.78 is 31.4. The van der Waals surface area contributed by atoms with E-state index in [4.69, 9.17) is 4.52 Å². The van der Waals surface area contributed by atoms with Gasteiger partial charge in [-0.2, -0.15) is 0 Å². The number of nitrogens with zero attached hydrogens (tertiary/aromatic N) is 2. The van der Waals surface area contributed by atoms with E-state index in [2.05, 4.69) is 10.5 Å². The van der Waals surface area contributed by atoms with E-state index in [-0.39, 0.29) is 24.2 Å². The summed E-state index contributed by atoms with van der Waals surface area (Å²) in [5, 5.41) is 6.54. The fourth-order valence-electron chi connectivity index (χ4n) is 2.90. The van der Waals surface area contributed by atoms with E-state index in [9.17, 15) is 13.6 Å². The Labute approximate surface area is 132 Å². The van der Waals surface area contributed by atoms with E-state index in [0.717, 1.165) is 49.0 Å². The third-order valence-corrected chi connectivity index (χ3v) is 3.84. The molecule has 1 N–H and O–H groups in total. The normalized spacial score (nSPS) is 18.3. The third-order valence-electron chi connectivity index (χ3n) is 3.84. The minimum absolute atomic E-state index is 0.0300. The van der Waals surface area contributed by atoms with Crippen molar-refractivity contribution in [2.45, 2.75) is 25.8 Å². The zero-order valence-electron chi connectivity index (χ0n) is 12.7. The molecule has 1 aliphatic rings. The highest BCUT2D eigenvalue weighted by Crippen LogP contribution is 2.31. The second-order valence-electron chi connectivity index (χ2n) is 5.70. The molecule has 2 heterocycles. The van der Waals surface area contributed by atoms with Crippen molar-refractivity contribution < 1.29 is 18.1 Å². The molecule has 23 heavy (non-hydrogen) atoms. The number of carbonyl (C=O) groups excluding carboxylic acids is 1. The van der Waals surface area contributed by atoms with Crippen LogP contribution in [0.25, 0.3) is 0 Å². The highest BCUT2D eigenvalue weighted by Gasteiger charge is 2.29. The van der Waals surface area contributed by atoms with Crippen molar-refractivity contribution in [3.05, 3.63) is 47.4 Å². The summed E-state index contributed by atoms with van der Waals surface area (Å²) in [4.78, 5) is 14.1. The van der Waals surface area contributed by atoms with Crippen LogP contribution >= 0.6 is 0 Å². The molecule has 0 aliphatic carbocycles. The molecule has 1 amide bonds. The first-order valence-electron chi connectivity index (χ1n) is 7.44. The molecule has 0 saturated carbocycles. The van der Waals surface area contributed by atoms with E-state index in [1.807, 2.05) is 17.9 Å². The SMILES string of the molecule is Cc1cc(C2CCCN2CC(=O)Nc2cc(F)cc(F)c2)no1. The predicted molar refractivity (Wildman–Crippen MR) is 79.8 cm³/mol. The number of anilines is 1. The van der Waals surface area contributed by atoms with Gasteiger partial charge in [-0.3, -0.25) is 9.69 Å². The molecule has 1 aliphatic heterocycles. The van der Waals surface area contributed by atoms with Crippen molar-refractivity contribution in [3.63, 3.8) is 0 Å². The Morgan fingerprint density at radius 1 is 1.35 bits per heavy atom. The number of hydrogen-bond acceptors (Lipinski definition) is 4. The Bertz CT molecular complexity index is 697. The predicted octanol–water partition coefficient (Wildman–Crippen LogP) is 3.04. The van der Waals surface area contributed by atoms with Gasteiger partial charge in [0.25, 0.3) is 0 Å². The number of nitrogens with one attached hydrogen (secondary N) is 1. The van der Waals surface area contributed by atoms with Crippen molar-refractivity contribution in [1.29, 1.82) is 0 Å². The zero-order chi connectivity index (χ0) is 16.4. The van der Waals surface area contributed by atoms with Crippen LogP contribution in [0, 0.1) is 18.6 Å². The Balaban J connectivity index is 1.64. The van der Waals surface area contributed by atoms with Crippen molar-refractivity contribution in [2.24, 2.45) is 0 Å². The van der Waals surface area contributed by atoms with E-state index >= 15 is 0 Å². The molecule has 1 aromatic heterocycles. The van der Waals surface area contributed by atoms with Crippen molar-refractivity contribution >= 4 is 11.6 Å². The Hall–Kier alpha value is -2.28. The molecule has 1 atom stereocenters. The molecule has 5 nitrogen and oxygen atoms in total. The molecule has 1 fully saturated rings. The van der Waals surface area contributed by atoms with Crippen LogP contribution in [0.15, 0.2) is 28.8 Å². The minimum Gasteiger partial charge on any atom is -0.361 e. The molecular formula is C16H17F2N3O2. The molecule has 0 radical (unpaired) electrons. The van der Waals surface area contributed by atoms with E-state index in [1.54, 1.807) is 0 Å². The lowest BCUT2D eigenvalue weighted by Crippen LogP contribution is -2.33. The lowest BCUT2D eigenvalue weighted by atomic mass is 10.1. The molecule has 0 bridgehead atoms. The standard InChI is InChI=1S/C16H17F2N3O2/c1-10-5-14(20-23-10)15-3-2-4-21(15)9-16(22)19-13-7-11(17)6-12(18)8-13/h5-8,15H,2-4,9H2,1H3,(H,19,22). The van der Waals surface area contributed by atoms with Gasteiger partial charge >= 0.3 is 0 Å². The van der Waals surface area contributed by atoms with Crippen LogP contribution < -0.4 is 5.32 Å². The second-order valence-corrected chi connectivity index (χ2v) is 5.70. The summed E-state index contributed by atoms with van der Waals surface area (Å²) >= 11 is 0. The van der Waals surface area contributed by atoms with Gasteiger partial charge in [0.1, 0.15) is 23.1 Å². The van der Waals surface area contributed by atoms with Gasteiger partial charge in [0.15, 0.2) is 0 Å². The van der Waals surface area contributed by atoms with Gasteiger partial charge in [-0.1, -0.05) is 5.16 Å². The van der Waals surface area contributed by atoms with Crippen molar-refractivity contribution in [1.82, 2.24) is 10.1 Å². The maximum absolute atomic E-state index is 13.1. The first kappa shape index (κ1) is 15.6. The van der Waals surface area contributed by atoms with Gasteiger partial charge in [0, 0.05) is 17.8 Å². The Morgan fingerprint density at radius 3 is 2.74 bits per heavy atom. The quantitative estimate of drug-likeness (QED) is 0.940. The average Bonchev–Trinajstić information content (AvgIpc) is 3.06. The van der Waals surface area contributed by atoms with Crippen LogP contribution in [0.2, 0.25) is 0 Å². The van der Waals surface area contributed by atoms with Gasteiger partial charge in [-0.25, -0.2) is 8.78 Å². The number of benzene rings is 1. The fourth-order valence-corrected chi connectivity index (χ4v) is 2.90. The largest absolute Gasteiger partial charge is 0.361 e. The molecule has 1 aromatic carbocycles. The summed E-state index contributed by atoms with van der Waals surface area (Å²) in [6, 6.07) is 4.83. The highest BCUT2D eigenvalue weighted by atomic mass is 19.1. The zero-order valence-corrected chi connectivity index (χ0v) is 12.7. The summed E-state index contributed by atoms with van der Waals surface area (Å²) in [6.45, 7) is 2.72. The molecule has 1 unspecified atom stereocenters. The third kappa shape index (κ3) is 3.73. The number of rotatable bonds is 4. The molecular weight excluding hydrogens is 304 g/mol. The first-order valence-corrected chi connectivity index (χ1v) is 7.44. The number of hydrogen-bond donors (Lipinski definition) is 1. The smallest absolute Gasteiger partial charge is 0.238 e. The van der Waals surface area contributed by atoms with Crippen molar-refractivity contribution in [2.75, 3.05) is 18.4 Å². The number of aryl methyl sites for hydroxylation is 1. The monoisotopic (exact) mass is 321 g/mol. The van der Waals surface area contributed by atoms with E-state index in [1.165, 1.54) is 0 Å². The van der Waals surface area contributed by atoms with Crippen LogP contribution in [-0.2, 0) is 4.79 Å².